The Bertz CT molecular complexity index is 955. The lowest BCUT2D eigenvalue weighted by Gasteiger charge is -2.18. The van der Waals surface area contributed by atoms with Gasteiger partial charge in [-0.1, -0.05) is 88.9 Å². The molecule has 0 heterocycles. The maximum atomic E-state index is 11.7. The molecule has 2 aromatic rings. The first-order chi connectivity index (χ1) is 13.0. The Labute approximate surface area is 184 Å². The van der Waals surface area contributed by atoms with Crippen molar-refractivity contribution in [2.24, 2.45) is 9.39 Å². The summed E-state index contributed by atoms with van der Waals surface area (Å²) in [5.74, 6) is 0.0562. The molecule has 150 valence electrons. The van der Waals surface area contributed by atoms with Crippen LogP contribution < -0.4 is 5.32 Å². The summed E-state index contributed by atoms with van der Waals surface area (Å²) in [4.78, 5) is 4.30. The van der Waals surface area contributed by atoms with Crippen LogP contribution in [0.4, 0.5) is 0 Å². The average molecular weight is 481 g/mol. The largest absolute Gasteiger partial charge is 0.328 e. The topological polar surface area (TPSA) is 70.9 Å². The lowest BCUT2D eigenvalue weighted by atomic mass is 10.1. The van der Waals surface area contributed by atoms with E-state index in [9.17, 15) is 8.42 Å². The monoisotopic (exact) mass is 479 g/mol. The highest BCUT2D eigenvalue weighted by Crippen LogP contribution is 2.27. The van der Waals surface area contributed by atoms with Crippen LogP contribution in [0.3, 0.4) is 0 Å². The fourth-order valence-corrected chi connectivity index (χ4v) is 3.14. The van der Waals surface area contributed by atoms with Gasteiger partial charge in [-0.05, 0) is 23.3 Å². The van der Waals surface area contributed by atoms with Crippen LogP contribution in [-0.2, 0) is 23.0 Å². The van der Waals surface area contributed by atoms with E-state index >= 15 is 0 Å². The molecular weight excluding hydrogens is 464 g/mol. The van der Waals surface area contributed by atoms with Crippen LogP contribution >= 0.6 is 46.4 Å². The Balaban J connectivity index is 2.30. The number of rotatable bonds is 5. The van der Waals surface area contributed by atoms with Gasteiger partial charge in [-0.15, -0.1) is 0 Å². The van der Waals surface area contributed by atoms with E-state index in [1.807, 2.05) is 30.3 Å². The van der Waals surface area contributed by atoms with E-state index in [4.69, 9.17) is 46.4 Å². The molecule has 0 spiro atoms. The van der Waals surface area contributed by atoms with E-state index in [2.05, 4.69) is 14.7 Å². The molecule has 2 aromatic carbocycles. The summed E-state index contributed by atoms with van der Waals surface area (Å²) >= 11 is 23.9. The summed E-state index contributed by atoms with van der Waals surface area (Å²) in [7, 11) is -3.68. The molecule has 2 rings (SSSR count). The third kappa shape index (κ3) is 8.37. The Morgan fingerprint density at radius 3 is 2.14 bits per heavy atom. The number of benzene rings is 2. The van der Waals surface area contributed by atoms with Gasteiger partial charge in [0.25, 0.3) is 10.0 Å². The first kappa shape index (κ1) is 23.0. The molecule has 1 N–H and O–H groups in total. The summed E-state index contributed by atoms with van der Waals surface area (Å²) in [6.07, 6.45) is 1.17. The van der Waals surface area contributed by atoms with E-state index in [-0.39, 0.29) is 24.6 Å². The van der Waals surface area contributed by atoms with Crippen molar-refractivity contribution in [1.82, 2.24) is 5.32 Å². The Morgan fingerprint density at radius 2 is 1.61 bits per heavy atom. The summed E-state index contributed by atoms with van der Waals surface area (Å²) in [6.45, 7) is 0.199. The van der Waals surface area contributed by atoms with Crippen molar-refractivity contribution < 1.29 is 8.42 Å². The van der Waals surface area contributed by atoms with Crippen LogP contribution in [0.25, 0.3) is 0 Å². The van der Waals surface area contributed by atoms with Crippen LogP contribution in [0, 0.1) is 0 Å². The molecule has 5 nitrogen and oxygen atoms in total. The minimum absolute atomic E-state index is 0.0363. The molecule has 0 aliphatic heterocycles. The lowest BCUT2D eigenvalue weighted by molar-refractivity contribution is 0.603. The maximum absolute atomic E-state index is 11.7. The molecule has 0 fully saturated rings. The van der Waals surface area contributed by atoms with Gasteiger partial charge in [0, 0.05) is 11.4 Å². The highest BCUT2D eigenvalue weighted by atomic mass is 35.6. The van der Waals surface area contributed by atoms with Crippen molar-refractivity contribution in [3.63, 3.8) is 0 Å². The Kier molecular flexibility index (Phi) is 8.16. The minimum Gasteiger partial charge on any atom is -0.328 e. The number of hydrogen-bond donors (Lipinski definition) is 1. The molecule has 0 aliphatic rings. The number of halogens is 4. The Hall–Kier alpha value is -1.31. The van der Waals surface area contributed by atoms with Crippen molar-refractivity contribution in [2.75, 3.05) is 6.26 Å². The molecule has 28 heavy (non-hydrogen) atoms. The van der Waals surface area contributed by atoms with Gasteiger partial charge in [0.15, 0.2) is 5.84 Å². The van der Waals surface area contributed by atoms with Crippen molar-refractivity contribution in [2.45, 2.75) is 16.8 Å². The summed E-state index contributed by atoms with van der Waals surface area (Å²) in [5, 5.41) is 3.37. The average Bonchev–Trinajstić information content (AvgIpc) is 2.58. The van der Waals surface area contributed by atoms with Gasteiger partial charge < -0.3 is 5.32 Å². The van der Waals surface area contributed by atoms with E-state index in [0.29, 0.717) is 5.02 Å². The minimum atomic E-state index is -3.68. The molecule has 0 aromatic heterocycles. The number of sulfonamides is 1. The van der Waals surface area contributed by atoms with Gasteiger partial charge in [0.05, 0.1) is 12.8 Å². The van der Waals surface area contributed by atoms with Crippen LogP contribution in [0.15, 0.2) is 64.0 Å². The molecule has 0 unspecified atom stereocenters. The predicted molar refractivity (Wildman–Crippen MR) is 118 cm³/mol. The van der Waals surface area contributed by atoms with Gasteiger partial charge in [0.1, 0.15) is 5.84 Å². The smallest absolute Gasteiger partial charge is 0.251 e. The number of amidine groups is 2. The van der Waals surface area contributed by atoms with Crippen molar-refractivity contribution >= 4 is 68.1 Å². The van der Waals surface area contributed by atoms with Crippen LogP contribution in [-0.4, -0.2) is 30.1 Å². The highest BCUT2D eigenvalue weighted by molar-refractivity contribution is 7.89. The maximum Gasteiger partial charge on any atom is 0.251 e. The van der Waals surface area contributed by atoms with Gasteiger partial charge >= 0.3 is 0 Å². The number of hydrogen-bond acceptors (Lipinski definition) is 3. The second-order valence-electron chi connectivity index (χ2n) is 5.85. The van der Waals surface area contributed by atoms with Gasteiger partial charge in [-0.2, -0.15) is 4.40 Å². The van der Waals surface area contributed by atoms with Gasteiger partial charge in [-0.25, -0.2) is 8.42 Å². The zero-order valence-corrected chi connectivity index (χ0v) is 18.6. The molecule has 0 saturated carbocycles. The predicted octanol–water partition coefficient (Wildman–Crippen LogP) is 4.80. The molecule has 0 atom stereocenters. The zero-order chi connectivity index (χ0) is 20.8. The summed E-state index contributed by atoms with van der Waals surface area (Å²) in [6, 6.07) is 16.2. The lowest BCUT2D eigenvalue weighted by Crippen LogP contribution is -2.40. The van der Waals surface area contributed by atoms with Gasteiger partial charge in [-0.3, -0.25) is 4.99 Å². The first-order valence-electron chi connectivity index (χ1n) is 7.99. The van der Waals surface area contributed by atoms with Crippen LogP contribution in [0.1, 0.15) is 11.1 Å². The third-order valence-electron chi connectivity index (χ3n) is 3.35. The Morgan fingerprint density at radius 1 is 1.00 bits per heavy atom. The molecule has 10 heteroatoms. The summed E-state index contributed by atoms with van der Waals surface area (Å²) < 4.78 is 25.2. The molecule has 0 amide bonds. The number of nitrogens with zero attached hydrogens (tertiary/aromatic N) is 2. The molecule has 0 bridgehead atoms. The highest BCUT2D eigenvalue weighted by Gasteiger charge is 2.29. The molecule has 0 aliphatic carbocycles. The normalized spacial score (nSPS) is 13.5. The molecule has 0 saturated heterocycles. The van der Waals surface area contributed by atoms with E-state index < -0.39 is 13.8 Å². The molecular formula is C18H17Cl4N3O2S. The molecule has 0 radical (unpaired) electrons. The fourth-order valence-electron chi connectivity index (χ4n) is 2.19. The van der Waals surface area contributed by atoms with Crippen molar-refractivity contribution in [1.29, 1.82) is 0 Å². The summed E-state index contributed by atoms with van der Waals surface area (Å²) in [5.41, 5.74) is 1.67. The second-order valence-corrected chi connectivity index (χ2v) is 10.2. The fraction of sp³-hybridized carbons (Fsp3) is 0.222. The third-order valence-corrected chi connectivity index (χ3v) is 4.70. The standard InChI is InChI=1S/C18H17Cl4N3O2S/c1-28(26,27)25-16(11-13-5-3-2-4-6-13)24-17(18(20,21)22)23-12-14-7-9-15(19)10-8-14/h2-10H,11-12H2,1H3,(H,23,24,25). The van der Waals surface area contributed by atoms with E-state index in [0.717, 1.165) is 17.4 Å². The first-order valence-corrected chi connectivity index (χ1v) is 11.3. The van der Waals surface area contributed by atoms with Gasteiger partial charge in [0.2, 0.25) is 3.79 Å². The van der Waals surface area contributed by atoms with E-state index in [1.54, 1.807) is 24.3 Å². The van der Waals surface area contributed by atoms with E-state index in [1.165, 1.54) is 0 Å². The van der Waals surface area contributed by atoms with Crippen LogP contribution in [0.5, 0.6) is 0 Å². The van der Waals surface area contributed by atoms with Crippen molar-refractivity contribution in [3.8, 4) is 0 Å². The van der Waals surface area contributed by atoms with Crippen LogP contribution in [0.2, 0.25) is 5.02 Å². The quantitative estimate of drug-likeness (QED) is 0.379. The second kappa shape index (κ2) is 9.94. The number of aliphatic imine (C=N–C) groups is 1. The number of alkyl halides is 3. The van der Waals surface area contributed by atoms with Crippen molar-refractivity contribution in [3.05, 3.63) is 70.7 Å². The zero-order valence-electron chi connectivity index (χ0n) is 14.7. The SMILES string of the molecule is CS(=O)(=O)/N=C(\Cc1ccccc1)NC(=NCc1ccc(Cl)cc1)C(Cl)(Cl)Cl. The number of nitrogens with one attached hydrogen (secondary N) is 1.